The monoisotopic (exact) mass is 315 g/mol. The first kappa shape index (κ1) is 14.8. The minimum Gasteiger partial charge on any atom is -0.493 e. The molecule has 1 aromatic carbocycles. The molecule has 1 amide bonds. The Bertz CT molecular complexity index is 409. The molecular weight excluding hydrogens is 298 g/mol. The predicted octanol–water partition coefficient (Wildman–Crippen LogP) is 2.45. The van der Waals surface area contributed by atoms with Gasteiger partial charge in [-0.25, -0.2) is 0 Å². The highest BCUT2D eigenvalue weighted by molar-refractivity contribution is 9.09. The lowest BCUT2D eigenvalue weighted by Gasteiger charge is -2.19. The van der Waals surface area contributed by atoms with Gasteiger partial charge in [-0.2, -0.15) is 0 Å². The molecule has 0 N–H and O–H groups in total. The van der Waals surface area contributed by atoms with Crippen molar-refractivity contribution in [3.63, 3.8) is 0 Å². The molecule has 0 saturated carbocycles. The molecule has 0 atom stereocenters. The Morgan fingerprint density at radius 1 is 1.44 bits per heavy atom. The number of carbonyl (C=O) groups is 1. The van der Waals surface area contributed by atoms with Crippen LogP contribution in [0.2, 0.25) is 0 Å². The van der Waals surface area contributed by atoms with Gasteiger partial charge < -0.3 is 14.4 Å². The molecule has 0 aliphatic carbocycles. The molecule has 0 saturated heterocycles. The number of carbonyl (C=O) groups excluding carboxylic acids is 1. The van der Waals surface area contributed by atoms with Crippen LogP contribution >= 0.6 is 15.9 Å². The molecule has 0 fully saturated rings. The van der Waals surface area contributed by atoms with Crippen LogP contribution in [0.3, 0.4) is 0 Å². The summed E-state index contributed by atoms with van der Waals surface area (Å²) in [6.45, 7) is 2.98. The number of halogens is 1. The summed E-state index contributed by atoms with van der Waals surface area (Å²) in [6.07, 6.45) is 0. The number of hydrogen-bond acceptors (Lipinski definition) is 3. The lowest BCUT2D eigenvalue weighted by atomic mass is 10.1. The molecule has 0 unspecified atom stereocenters. The third kappa shape index (κ3) is 3.63. The summed E-state index contributed by atoms with van der Waals surface area (Å²) in [4.78, 5) is 13.2. The van der Waals surface area contributed by atoms with E-state index in [1.807, 2.05) is 25.1 Å². The first-order valence-corrected chi connectivity index (χ1v) is 6.84. The summed E-state index contributed by atoms with van der Waals surface area (Å²) < 4.78 is 10.9. The summed E-state index contributed by atoms with van der Waals surface area (Å²) in [5.74, 6) is 1.42. The van der Waals surface area contributed by atoms with Gasteiger partial charge in [0.15, 0.2) is 11.5 Å². The standard InChI is InChI=1S/C13H18BrNO3/c1-4-18-13-10(6-5-7-11(13)17-3)9-15(2)12(16)8-14/h5-7H,4,8-9H2,1-3H3. The largest absolute Gasteiger partial charge is 0.493 e. The van der Waals surface area contributed by atoms with Gasteiger partial charge in [0.25, 0.3) is 0 Å². The predicted molar refractivity (Wildman–Crippen MR) is 74.4 cm³/mol. The van der Waals surface area contributed by atoms with Crippen molar-refractivity contribution < 1.29 is 14.3 Å². The second-order valence-electron chi connectivity index (χ2n) is 3.76. The van der Waals surface area contributed by atoms with Crippen LogP contribution in [0.4, 0.5) is 0 Å². The van der Waals surface area contributed by atoms with Crippen LogP contribution in [-0.2, 0) is 11.3 Å². The average Bonchev–Trinajstić information content (AvgIpc) is 2.39. The van der Waals surface area contributed by atoms with Crippen LogP contribution in [-0.4, -0.2) is 36.9 Å². The molecule has 4 nitrogen and oxygen atoms in total. The molecule has 0 radical (unpaired) electrons. The molecule has 0 bridgehead atoms. The third-order valence-corrected chi connectivity index (χ3v) is 3.00. The molecule has 0 spiro atoms. The fourth-order valence-electron chi connectivity index (χ4n) is 1.60. The maximum atomic E-state index is 11.5. The zero-order valence-electron chi connectivity index (χ0n) is 10.9. The Morgan fingerprint density at radius 3 is 2.72 bits per heavy atom. The van der Waals surface area contributed by atoms with Crippen LogP contribution in [0.15, 0.2) is 18.2 Å². The lowest BCUT2D eigenvalue weighted by molar-refractivity contribution is -0.127. The minimum absolute atomic E-state index is 0.0280. The fourth-order valence-corrected chi connectivity index (χ4v) is 2.03. The highest BCUT2D eigenvalue weighted by Crippen LogP contribution is 2.31. The molecule has 5 heteroatoms. The van der Waals surface area contributed by atoms with Gasteiger partial charge in [-0.1, -0.05) is 28.1 Å². The Kier molecular flexibility index (Phi) is 5.98. The van der Waals surface area contributed by atoms with Crippen molar-refractivity contribution in [2.45, 2.75) is 13.5 Å². The number of methoxy groups -OCH3 is 1. The van der Waals surface area contributed by atoms with Crippen molar-refractivity contribution in [1.82, 2.24) is 4.90 Å². The van der Waals surface area contributed by atoms with Crippen LogP contribution in [0.5, 0.6) is 11.5 Å². The maximum absolute atomic E-state index is 11.5. The summed E-state index contributed by atoms with van der Waals surface area (Å²) in [5, 5.41) is 0.317. The molecule has 1 rings (SSSR count). The molecule has 0 heterocycles. The molecule has 18 heavy (non-hydrogen) atoms. The highest BCUT2D eigenvalue weighted by atomic mass is 79.9. The average molecular weight is 316 g/mol. The van der Waals surface area contributed by atoms with Gasteiger partial charge in [-0.05, 0) is 13.0 Å². The van der Waals surface area contributed by atoms with Gasteiger partial charge in [0.1, 0.15) is 0 Å². The number of rotatable bonds is 6. The first-order valence-electron chi connectivity index (χ1n) is 5.72. The van der Waals surface area contributed by atoms with Gasteiger partial charge >= 0.3 is 0 Å². The second kappa shape index (κ2) is 7.26. The molecule has 0 aromatic heterocycles. The van der Waals surface area contributed by atoms with E-state index >= 15 is 0 Å². The number of ether oxygens (including phenoxy) is 2. The zero-order chi connectivity index (χ0) is 13.5. The first-order chi connectivity index (χ1) is 8.63. The van der Waals surface area contributed by atoms with E-state index < -0.39 is 0 Å². The van der Waals surface area contributed by atoms with E-state index in [1.165, 1.54) is 0 Å². The molecule has 0 aliphatic rings. The Labute approximate surface area is 116 Å². The summed E-state index contributed by atoms with van der Waals surface area (Å²) in [7, 11) is 3.37. The van der Waals surface area contributed by atoms with Gasteiger partial charge in [-0.15, -0.1) is 0 Å². The quantitative estimate of drug-likeness (QED) is 0.757. The third-order valence-electron chi connectivity index (χ3n) is 2.52. The van der Waals surface area contributed by atoms with Crippen molar-refractivity contribution in [1.29, 1.82) is 0 Å². The number of alkyl halides is 1. The minimum atomic E-state index is 0.0280. The summed E-state index contributed by atoms with van der Waals surface area (Å²) in [6, 6.07) is 5.68. The van der Waals surface area contributed by atoms with Gasteiger partial charge in [0.05, 0.1) is 19.0 Å². The highest BCUT2D eigenvalue weighted by Gasteiger charge is 2.14. The zero-order valence-corrected chi connectivity index (χ0v) is 12.5. The van der Waals surface area contributed by atoms with E-state index in [4.69, 9.17) is 9.47 Å². The van der Waals surface area contributed by atoms with E-state index in [-0.39, 0.29) is 5.91 Å². The number of benzene rings is 1. The van der Waals surface area contributed by atoms with Crippen LogP contribution in [0.1, 0.15) is 12.5 Å². The van der Waals surface area contributed by atoms with Crippen molar-refractivity contribution in [2.75, 3.05) is 26.1 Å². The van der Waals surface area contributed by atoms with E-state index in [0.29, 0.717) is 30.0 Å². The van der Waals surface area contributed by atoms with E-state index in [0.717, 1.165) is 5.56 Å². The van der Waals surface area contributed by atoms with Gasteiger partial charge in [0.2, 0.25) is 5.91 Å². The van der Waals surface area contributed by atoms with E-state index in [9.17, 15) is 4.79 Å². The second-order valence-corrected chi connectivity index (χ2v) is 4.33. The lowest BCUT2D eigenvalue weighted by Crippen LogP contribution is -2.27. The van der Waals surface area contributed by atoms with Crippen LogP contribution in [0.25, 0.3) is 0 Å². The van der Waals surface area contributed by atoms with Crippen molar-refractivity contribution in [2.24, 2.45) is 0 Å². The molecule has 1 aromatic rings. The van der Waals surface area contributed by atoms with E-state index in [2.05, 4.69) is 15.9 Å². The SMILES string of the molecule is CCOc1c(CN(C)C(=O)CBr)cccc1OC. The van der Waals surface area contributed by atoms with Gasteiger partial charge in [-0.3, -0.25) is 4.79 Å². The number of amides is 1. The summed E-state index contributed by atoms with van der Waals surface area (Å²) in [5.41, 5.74) is 0.938. The number of para-hydroxylation sites is 1. The van der Waals surface area contributed by atoms with Gasteiger partial charge in [0, 0.05) is 19.2 Å². The van der Waals surface area contributed by atoms with Crippen LogP contribution in [0, 0.1) is 0 Å². The van der Waals surface area contributed by atoms with Crippen molar-refractivity contribution in [3.05, 3.63) is 23.8 Å². The Balaban J connectivity index is 2.96. The molecule has 100 valence electrons. The van der Waals surface area contributed by atoms with Crippen molar-refractivity contribution in [3.8, 4) is 11.5 Å². The molecule has 0 aliphatic heterocycles. The number of nitrogens with zero attached hydrogens (tertiary/aromatic N) is 1. The maximum Gasteiger partial charge on any atom is 0.233 e. The molecular formula is C13H18BrNO3. The Morgan fingerprint density at radius 2 is 2.17 bits per heavy atom. The number of hydrogen-bond donors (Lipinski definition) is 0. The van der Waals surface area contributed by atoms with Crippen LogP contribution < -0.4 is 9.47 Å². The fraction of sp³-hybridized carbons (Fsp3) is 0.462. The van der Waals surface area contributed by atoms with E-state index in [1.54, 1.807) is 19.1 Å². The smallest absolute Gasteiger partial charge is 0.233 e. The topological polar surface area (TPSA) is 38.8 Å². The van der Waals surface area contributed by atoms with Crippen molar-refractivity contribution >= 4 is 21.8 Å². The Hall–Kier alpha value is -1.23. The summed E-state index contributed by atoms with van der Waals surface area (Å²) >= 11 is 3.16. The normalized spacial score (nSPS) is 10.0.